The maximum Gasteiger partial charge on any atom is 0.140 e. The number of oxime groups is 1. The van der Waals surface area contributed by atoms with Crippen molar-refractivity contribution in [1.82, 2.24) is 14.5 Å². The molecule has 0 saturated heterocycles. The lowest BCUT2D eigenvalue weighted by molar-refractivity contribution is 0.319. The number of imidazole rings is 1. The van der Waals surface area contributed by atoms with Crippen LogP contribution in [0.25, 0.3) is 28.1 Å². The van der Waals surface area contributed by atoms with Gasteiger partial charge < -0.3 is 14.8 Å². The first kappa shape index (κ1) is 13.1. The number of hydrogen-bond acceptors (Lipinski definition) is 3. The Labute approximate surface area is 135 Å². The number of benzene rings is 2. The van der Waals surface area contributed by atoms with E-state index in [-0.39, 0.29) is 5.82 Å². The topological polar surface area (TPSA) is 66.2 Å². The minimum Gasteiger partial charge on any atom is -0.410 e. The maximum absolute atomic E-state index is 13.4. The Balaban J connectivity index is 1.81. The van der Waals surface area contributed by atoms with Crippen molar-refractivity contribution < 1.29 is 9.60 Å². The Morgan fingerprint density at radius 1 is 1.08 bits per heavy atom. The number of nitrogens with one attached hydrogen (secondary N) is 1. The number of rotatable bonds is 1. The van der Waals surface area contributed by atoms with Gasteiger partial charge in [0.05, 0.1) is 22.4 Å². The van der Waals surface area contributed by atoms with Gasteiger partial charge in [-0.2, -0.15) is 0 Å². The molecule has 2 aromatic carbocycles. The van der Waals surface area contributed by atoms with Crippen molar-refractivity contribution in [3.8, 4) is 17.1 Å². The molecule has 5 rings (SSSR count). The van der Waals surface area contributed by atoms with Gasteiger partial charge in [0.1, 0.15) is 17.4 Å². The van der Waals surface area contributed by atoms with Crippen LogP contribution >= 0.6 is 0 Å². The summed E-state index contributed by atoms with van der Waals surface area (Å²) in [5, 5.41) is 12.8. The highest BCUT2D eigenvalue weighted by Gasteiger charge is 2.28. The standard InChI is InChI=1S/C18H11FN4O/c19-10-6-7-13-14(9-10)21-18(20-13)12-4-1-3-11-16(22-24)15-5-2-8-23(15)17(11)12/h1-9,24H,(H,20,21)/b22-16-. The monoisotopic (exact) mass is 318 g/mol. The second kappa shape index (κ2) is 4.55. The molecule has 1 aliphatic heterocycles. The van der Waals surface area contributed by atoms with Crippen LogP contribution in [0.15, 0.2) is 59.9 Å². The van der Waals surface area contributed by atoms with E-state index in [0.29, 0.717) is 22.6 Å². The molecule has 0 unspecified atom stereocenters. The number of fused-ring (bicyclic) bond motifs is 4. The van der Waals surface area contributed by atoms with Gasteiger partial charge in [-0.3, -0.25) is 0 Å². The van der Waals surface area contributed by atoms with Gasteiger partial charge in [-0.05, 0) is 36.4 Å². The number of aromatic amines is 1. The summed E-state index contributed by atoms with van der Waals surface area (Å²) in [6.07, 6.45) is 1.91. The fourth-order valence-corrected chi connectivity index (χ4v) is 3.31. The Bertz CT molecular complexity index is 1140. The van der Waals surface area contributed by atoms with E-state index in [2.05, 4.69) is 15.1 Å². The molecule has 2 aromatic heterocycles. The van der Waals surface area contributed by atoms with Crippen LogP contribution in [0.3, 0.4) is 0 Å². The van der Waals surface area contributed by atoms with Crippen LogP contribution in [0.1, 0.15) is 11.3 Å². The van der Waals surface area contributed by atoms with Gasteiger partial charge in [0.15, 0.2) is 0 Å². The van der Waals surface area contributed by atoms with E-state index < -0.39 is 0 Å². The normalized spacial score (nSPS) is 14.3. The molecule has 0 atom stereocenters. The van der Waals surface area contributed by atoms with E-state index >= 15 is 0 Å². The quantitative estimate of drug-likeness (QED) is 0.365. The molecule has 2 N–H and O–H groups in total. The van der Waals surface area contributed by atoms with Gasteiger partial charge in [0.25, 0.3) is 0 Å². The van der Waals surface area contributed by atoms with Gasteiger partial charge in [0.2, 0.25) is 0 Å². The summed E-state index contributed by atoms with van der Waals surface area (Å²) in [6, 6.07) is 14.0. The smallest absolute Gasteiger partial charge is 0.140 e. The summed E-state index contributed by atoms with van der Waals surface area (Å²) in [6.45, 7) is 0. The first-order chi connectivity index (χ1) is 11.8. The molecule has 24 heavy (non-hydrogen) atoms. The van der Waals surface area contributed by atoms with Crippen molar-refractivity contribution in [3.05, 3.63) is 71.8 Å². The number of hydrogen-bond donors (Lipinski definition) is 2. The Hall–Kier alpha value is -3.41. The lowest BCUT2D eigenvalue weighted by Crippen LogP contribution is -1.97. The number of nitrogens with zero attached hydrogens (tertiary/aromatic N) is 3. The highest BCUT2D eigenvalue weighted by Crippen LogP contribution is 2.36. The fourth-order valence-electron chi connectivity index (χ4n) is 3.31. The summed E-state index contributed by atoms with van der Waals surface area (Å²) in [5.74, 6) is 0.338. The SMILES string of the molecule is O/N=C1/c2cccc(-c3nc4ccc(F)cc4[nH]3)c2-n2cccc21. The Kier molecular flexibility index (Phi) is 2.48. The number of aromatic nitrogens is 3. The van der Waals surface area contributed by atoms with E-state index in [9.17, 15) is 9.60 Å². The van der Waals surface area contributed by atoms with Crippen LogP contribution in [0.4, 0.5) is 4.39 Å². The van der Waals surface area contributed by atoms with Crippen molar-refractivity contribution in [2.75, 3.05) is 0 Å². The third-order valence-electron chi connectivity index (χ3n) is 4.32. The molecule has 0 radical (unpaired) electrons. The molecule has 116 valence electrons. The summed E-state index contributed by atoms with van der Waals surface area (Å²) >= 11 is 0. The largest absolute Gasteiger partial charge is 0.410 e. The molecule has 0 bridgehead atoms. The first-order valence-electron chi connectivity index (χ1n) is 7.45. The van der Waals surface area contributed by atoms with Gasteiger partial charge in [-0.15, -0.1) is 0 Å². The molecule has 0 saturated carbocycles. The highest BCUT2D eigenvalue weighted by atomic mass is 19.1. The summed E-state index contributed by atoms with van der Waals surface area (Å²) in [4.78, 5) is 7.74. The average Bonchev–Trinajstić information content (AvgIpc) is 3.27. The van der Waals surface area contributed by atoms with Crippen molar-refractivity contribution >= 4 is 16.7 Å². The van der Waals surface area contributed by atoms with Crippen molar-refractivity contribution in [3.63, 3.8) is 0 Å². The molecule has 6 heteroatoms. The second-order valence-electron chi connectivity index (χ2n) is 5.66. The molecule has 5 nitrogen and oxygen atoms in total. The predicted octanol–water partition coefficient (Wildman–Crippen LogP) is 3.70. The number of halogens is 1. The molecule has 4 aromatic rings. The number of H-pyrrole nitrogens is 1. The Morgan fingerprint density at radius 3 is 2.83 bits per heavy atom. The minimum absolute atomic E-state index is 0.307. The lowest BCUT2D eigenvalue weighted by Gasteiger charge is -2.07. The van der Waals surface area contributed by atoms with E-state index in [4.69, 9.17) is 0 Å². The van der Waals surface area contributed by atoms with Crippen LogP contribution < -0.4 is 0 Å². The zero-order valence-corrected chi connectivity index (χ0v) is 12.4. The fraction of sp³-hybridized carbons (Fsp3) is 0. The lowest BCUT2D eigenvalue weighted by atomic mass is 10.0. The molecular formula is C18H11FN4O. The summed E-state index contributed by atoms with van der Waals surface area (Å²) in [5.41, 5.74) is 5.28. The summed E-state index contributed by atoms with van der Waals surface area (Å²) in [7, 11) is 0. The van der Waals surface area contributed by atoms with Gasteiger partial charge >= 0.3 is 0 Å². The van der Waals surface area contributed by atoms with Gasteiger partial charge in [0, 0.05) is 17.3 Å². The van der Waals surface area contributed by atoms with Crippen LogP contribution in [0, 0.1) is 5.82 Å². The van der Waals surface area contributed by atoms with E-state index in [1.807, 2.05) is 41.1 Å². The first-order valence-corrected chi connectivity index (χ1v) is 7.45. The van der Waals surface area contributed by atoms with Gasteiger partial charge in [-0.25, -0.2) is 9.37 Å². The van der Waals surface area contributed by atoms with Crippen molar-refractivity contribution in [1.29, 1.82) is 0 Å². The summed E-state index contributed by atoms with van der Waals surface area (Å²) < 4.78 is 15.4. The molecular weight excluding hydrogens is 307 g/mol. The van der Waals surface area contributed by atoms with Crippen molar-refractivity contribution in [2.24, 2.45) is 5.16 Å². The molecule has 0 aliphatic carbocycles. The predicted molar refractivity (Wildman–Crippen MR) is 88.2 cm³/mol. The average molecular weight is 318 g/mol. The van der Waals surface area contributed by atoms with E-state index in [0.717, 1.165) is 22.5 Å². The molecule has 0 spiro atoms. The second-order valence-corrected chi connectivity index (χ2v) is 5.66. The zero-order valence-electron chi connectivity index (χ0n) is 12.4. The molecule has 3 heterocycles. The van der Waals surface area contributed by atoms with Gasteiger partial charge in [-0.1, -0.05) is 17.3 Å². The van der Waals surface area contributed by atoms with E-state index in [1.165, 1.54) is 12.1 Å². The van der Waals surface area contributed by atoms with E-state index in [1.54, 1.807) is 6.07 Å². The maximum atomic E-state index is 13.4. The molecule has 0 amide bonds. The van der Waals surface area contributed by atoms with Crippen LogP contribution in [-0.2, 0) is 0 Å². The number of para-hydroxylation sites is 1. The zero-order chi connectivity index (χ0) is 16.3. The third kappa shape index (κ3) is 1.62. The van der Waals surface area contributed by atoms with Crippen LogP contribution in [0.5, 0.6) is 0 Å². The van der Waals surface area contributed by atoms with Crippen LogP contribution in [-0.4, -0.2) is 25.5 Å². The Morgan fingerprint density at radius 2 is 1.96 bits per heavy atom. The third-order valence-corrected chi connectivity index (χ3v) is 4.32. The molecule has 0 fully saturated rings. The van der Waals surface area contributed by atoms with Crippen molar-refractivity contribution in [2.45, 2.75) is 0 Å². The van der Waals surface area contributed by atoms with Crippen LogP contribution in [0.2, 0.25) is 0 Å². The molecule has 1 aliphatic rings. The minimum atomic E-state index is -0.307. The highest BCUT2D eigenvalue weighted by molar-refractivity contribution is 6.18.